The maximum Gasteiger partial charge on any atom is 0.433 e. The van der Waals surface area contributed by atoms with Crippen molar-refractivity contribution in [3.63, 3.8) is 0 Å². The van der Waals surface area contributed by atoms with E-state index < -0.39 is 27.8 Å². The topological polar surface area (TPSA) is 122 Å². The number of nitrogens with two attached hydrogens (primary N) is 1. The van der Waals surface area contributed by atoms with Gasteiger partial charge in [-0.3, -0.25) is 5.43 Å². The minimum absolute atomic E-state index is 0.00439. The van der Waals surface area contributed by atoms with Gasteiger partial charge in [-0.05, 0) is 0 Å². The van der Waals surface area contributed by atoms with Gasteiger partial charge >= 0.3 is 6.18 Å². The van der Waals surface area contributed by atoms with Crippen molar-refractivity contribution in [1.29, 1.82) is 0 Å². The van der Waals surface area contributed by atoms with E-state index in [1.165, 1.54) is 0 Å². The molecule has 0 aliphatic carbocycles. The third-order valence-corrected chi connectivity index (χ3v) is 2.67. The van der Waals surface area contributed by atoms with Crippen LogP contribution >= 0.6 is 0 Å². The molecule has 0 radical (unpaired) electrons. The summed E-state index contributed by atoms with van der Waals surface area (Å²) in [5.74, 6) is 4.45. The fraction of sp³-hybridized carbons (Fsp3) is 0.500. The van der Waals surface area contributed by atoms with E-state index in [9.17, 15) is 21.6 Å². The van der Waals surface area contributed by atoms with Gasteiger partial charge in [0.25, 0.3) is 0 Å². The van der Waals surface area contributed by atoms with Gasteiger partial charge in [0.05, 0.1) is 6.26 Å². The Bertz CT molecular complexity index is 562. The predicted molar refractivity (Wildman–Crippen MR) is 66.2 cm³/mol. The van der Waals surface area contributed by atoms with Crippen LogP contribution < -0.4 is 21.3 Å². The number of hydrogen-bond donors (Lipinski definition) is 4. The third kappa shape index (κ3) is 5.54. The Morgan fingerprint density at radius 3 is 2.45 bits per heavy atom. The Balaban J connectivity index is 2.75. The van der Waals surface area contributed by atoms with Gasteiger partial charge in [0, 0.05) is 19.2 Å². The first-order chi connectivity index (χ1) is 9.12. The highest BCUT2D eigenvalue weighted by molar-refractivity contribution is 7.88. The Hall–Kier alpha value is -1.66. The van der Waals surface area contributed by atoms with Gasteiger partial charge in [-0.2, -0.15) is 18.2 Å². The lowest BCUT2D eigenvalue weighted by Gasteiger charge is -2.11. The number of anilines is 2. The highest BCUT2D eigenvalue weighted by atomic mass is 32.2. The molecule has 0 saturated heterocycles. The molecule has 0 aromatic carbocycles. The summed E-state index contributed by atoms with van der Waals surface area (Å²) in [6, 6.07) is 0.696. The van der Waals surface area contributed by atoms with E-state index in [1.807, 2.05) is 5.43 Å². The molecule has 0 aliphatic rings. The molecule has 0 unspecified atom stereocenters. The molecular formula is C8H13F3N6O2S. The number of nitrogens with zero attached hydrogens (tertiary/aromatic N) is 2. The van der Waals surface area contributed by atoms with E-state index >= 15 is 0 Å². The smallest absolute Gasteiger partial charge is 0.369 e. The van der Waals surface area contributed by atoms with Crippen LogP contribution in [0.2, 0.25) is 0 Å². The van der Waals surface area contributed by atoms with E-state index in [1.54, 1.807) is 0 Å². The first-order valence-electron chi connectivity index (χ1n) is 5.23. The van der Waals surface area contributed by atoms with E-state index in [0.29, 0.717) is 6.07 Å². The summed E-state index contributed by atoms with van der Waals surface area (Å²) >= 11 is 0. The number of sulfonamides is 1. The van der Waals surface area contributed by atoms with E-state index in [4.69, 9.17) is 5.84 Å². The zero-order chi connectivity index (χ0) is 15.4. The lowest BCUT2D eigenvalue weighted by atomic mass is 10.3. The molecule has 20 heavy (non-hydrogen) atoms. The molecule has 8 nitrogen and oxygen atoms in total. The summed E-state index contributed by atoms with van der Waals surface area (Å²) in [5.41, 5.74) is 0.753. The number of hydrogen-bond acceptors (Lipinski definition) is 7. The van der Waals surface area contributed by atoms with Gasteiger partial charge in [-0.15, -0.1) is 0 Å². The van der Waals surface area contributed by atoms with Crippen molar-refractivity contribution in [2.75, 3.05) is 30.1 Å². The van der Waals surface area contributed by atoms with Crippen LogP contribution in [-0.2, 0) is 16.2 Å². The summed E-state index contributed by atoms with van der Waals surface area (Å²) in [7, 11) is -3.36. The standard InChI is InChI=1S/C8H13F3N6O2S/c1-20(18,19)14-3-2-13-6-4-5(8(9,10)11)15-7(16-6)17-12/h4,14H,2-3,12H2,1H3,(H2,13,15,16,17). The Kier molecular flexibility index (Phi) is 5.08. The van der Waals surface area contributed by atoms with Gasteiger partial charge in [-0.1, -0.05) is 0 Å². The molecule has 0 saturated carbocycles. The number of aromatic nitrogens is 2. The molecule has 0 atom stereocenters. The van der Waals surface area contributed by atoms with Gasteiger partial charge in [0.1, 0.15) is 5.82 Å². The Morgan fingerprint density at radius 1 is 1.30 bits per heavy atom. The lowest BCUT2D eigenvalue weighted by molar-refractivity contribution is -0.141. The monoisotopic (exact) mass is 314 g/mol. The molecule has 0 aliphatic heterocycles. The minimum Gasteiger partial charge on any atom is -0.369 e. The maximum atomic E-state index is 12.6. The molecule has 0 spiro atoms. The van der Waals surface area contributed by atoms with E-state index in [-0.39, 0.29) is 18.9 Å². The second-order valence-electron chi connectivity index (χ2n) is 3.70. The van der Waals surface area contributed by atoms with Crippen LogP contribution in [0.5, 0.6) is 0 Å². The van der Waals surface area contributed by atoms with Crippen molar-refractivity contribution in [2.45, 2.75) is 6.18 Å². The largest absolute Gasteiger partial charge is 0.433 e. The summed E-state index contributed by atoms with van der Waals surface area (Å²) in [5, 5.41) is 2.53. The highest BCUT2D eigenvalue weighted by Crippen LogP contribution is 2.29. The van der Waals surface area contributed by atoms with Crippen molar-refractivity contribution in [3.05, 3.63) is 11.8 Å². The van der Waals surface area contributed by atoms with Crippen molar-refractivity contribution in [3.8, 4) is 0 Å². The Morgan fingerprint density at radius 2 is 1.95 bits per heavy atom. The van der Waals surface area contributed by atoms with Crippen LogP contribution in [0.3, 0.4) is 0 Å². The van der Waals surface area contributed by atoms with Gasteiger partial charge in [0.15, 0.2) is 5.69 Å². The van der Waals surface area contributed by atoms with Crippen molar-refractivity contribution < 1.29 is 21.6 Å². The summed E-state index contributed by atoms with van der Waals surface area (Å²) in [6.07, 6.45) is -3.67. The molecule has 12 heteroatoms. The van der Waals surface area contributed by atoms with Crippen molar-refractivity contribution in [1.82, 2.24) is 14.7 Å². The molecule has 0 fully saturated rings. The average molecular weight is 314 g/mol. The summed E-state index contributed by atoms with van der Waals surface area (Å²) < 4.78 is 61.4. The fourth-order valence-corrected chi connectivity index (χ4v) is 1.65. The van der Waals surface area contributed by atoms with Crippen LogP contribution in [0.15, 0.2) is 6.07 Å². The number of nitrogen functional groups attached to an aromatic ring is 1. The predicted octanol–water partition coefficient (Wildman–Crippen LogP) is -0.258. The van der Waals surface area contributed by atoms with Crippen molar-refractivity contribution >= 4 is 21.8 Å². The maximum absolute atomic E-state index is 12.6. The number of nitrogens with one attached hydrogen (secondary N) is 3. The molecule has 1 heterocycles. The third-order valence-electron chi connectivity index (χ3n) is 1.94. The lowest BCUT2D eigenvalue weighted by Crippen LogP contribution is -2.28. The number of halogens is 3. The van der Waals surface area contributed by atoms with Gasteiger partial charge < -0.3 is 5.32 Å². The van der Waals surface area contributed by atoms with Crippen LogP contribution in [0, 0.1) is 0 Å². The molecule has 5 N–H and O–H groups in total. The number of alkyl halides is 3. The second-order valence-corrected chi connectivity index (χ2v) is 5.53. The van der Waals surface area contributed by atoms with Crippen LogP contribution in [0.1, 0.15) is 5.69 Å². The molecule has 0 bridgehead atoms. The average Bonchev–Trinajstić information content (AvgIpc) is 2.32. The number of rotatable bonds is 6. The quantitative estimate of drug-likeness (QED) is 0.324. The van der Waals surface area contributed by atoms with Crippen LogP contribution in [0.25, 0.3) is 0 Å². The molecule has 114 valence electrons. The van der Waals surface area contributed by atoms with Gasteiger partial charge in [-0.25, -0.2) is 24.0 Å². The Labute approximate surface area is 113 Å². The SMILES string of the molecule is CS(=O)(=O)NCCNc1cc(C(F)(F)F)nc(NN)n1. The van der Waals surface area contributed by atoms with E-state index in [0.717, 1.165) is 6.26 Å². The summed E-state index contributed by atoms with van der Waals surface area (Å²) in [4.78, 5) is 6.83. The molecule has 1 aromatic heterocycles. The molecule has 1 rings (SSSR count). The normalized spacial score (nSPS) is 12.2. The zero-order valence-electron chi connectivity index (χ0n) is 10.3. The van der Waals surface area contributed by atoms with Crippen LogP contribution in [0.4, 0.5) is 24.9 Å². The van der Waals surface area contributed by atoms with Gasteiger partial charge in [0.2, 0.25) is 16.0 Å². The first-order valence-corrected chi connectivity index (χ1v) is 7.12. The highest BCUT2D eigenvalue weighted by Gasteiger charge is 2.33. The minimum atomic E-state index is -4.64. The summed E-state index contributed by atoms with van der Waals surface area (Å²) in [6.45, 7) is 0.0426. The molecule has 0 amide bonds. The first kappa shape index (κ1) is 16.4. The zero-order valence-corrected chi connectivity index (χ0v) is 11.1. The van der Waals surface area contributed by atoms with E-state index in [2.05, 4.69) is 20.0 Å². The molecular weight excluding hydrogens is 301 g/mol. The molecule has 1 aromatic rings. The fourth-order valence-electron chi connectivity index (χ4n) is 1.17. The second kappa shape index (κ2) is 6.19. The van der Waals surface area contributed by atoms with Crippen molar-refractivity contribution in [2.24, 2.45) is 5.84 Å². The van der Waals surface area contributed by atoms with Crippen LogP contribution in [-0.4, -0.2) is 37.7 Å². The number of hydrazine groups is 1.